The Morgan fingerprint density at radius 1 is 1.16 bits per heavy atom. The molecule has 0 atom stereocenters. The van der Waals surface area contributed by atoms with Crippen molar-refractivity contribution in [1.29, 1.82) is 0 Å². The molecule has 2 N–H and O–H groups in total. The van der Waals surface area contributed by atoms with Gasteiger partial charge in [0.05, 0.1) is 5.56 Å². The van der Waals surface area contributed by atoms with Crippen molar-refractivity contribution in [3.63, 3.8) is 0 Å². The second kappa shape index (κ2) is 6.14. The van der Waals surface area contributed by atoms with Gasteiger partial charge in [0.2, 0.25) is 0 Å². The summed E-state index contributed by atoms with van der Waals surface area (Å²) < 4.78 is 13.5. The van der Waals surface area contributed by atoms with Crippen molar-refractivity contribution in [2.75, 3.05) is 13.1 Å². The molecule has 1 amide bonds. The van der Waals surface area contributed by atoms with E-state index in [1.54, 1.807) is 0 Å². The molecule has 0 unspecified atom stereocenters. The second-order valence-corrected chi connectivity index (χ2v) is 4.01. The summed E-state index contributed by atoms with van der Waals surface area (Å²) in [5, 5.41) is 17.3. The average molecular weight is 290 g/mol. The van der Waals surface area contributed by atoms with Gasteiger partial charge in [-0.3, -0.25) is 14.4 Å². The first-order valence-corrected chi connectivity index (χ1v) is 5.37. The molecule has 0 fully saturated rings. The maximum Gasteiger partial charge on any atom is 0.323 e. The molecule has 0 spiro atoms. The van der Waals surface area contributed by atoms with E-state index in [0.717, 1.165) is 12.1 Å². The van der Waals surface area contributed by atoms with Crippen LogP contribution in [0.1, 0.15) is 10.4 Å². The zero-order valence-electron chi connectivity index (χ0n) is 9.47. The van der Waals surface area contributed by atoms with Crippen LogP contribution in [0.2, 0.25) is 5.02 Å². The first-order valence-electron chi connectivity index (χ1n) is 4.99. The molecule has 0 aromatic heterocycles. The standard InChI is InChI=1S/C11H9ClFNO5/c12-6-1-2-7(8(13)3-6)11(19)14(4-9(15)16)5-10(17)18/h1-3H,4-5H2,(H,15,16)(H,17,18). The van der Waals surface area contributed by atoms with E-state index < -0.39 is 42.3 Å². The maximum absolute atomic E-state index is 13.5. The summed E-state index contributed by atoms with van der Waals surface area (Å²) in [6.07, 6.45) is 0. The molecule has 0 bridgehead atoms. The topological polar surface area (TPSA) is 94.9 Å². The Balaban J connectivity index is 3.04. The van der Waals surface area contributed by atoms with E-state index >= 15 is 0 Å². The molecule has 0 heterocycles. The zero-order valence-corrected chi connectivity index (χ0v) is 10.2. The summed E-state index contributed by atoms with van der Waals surface area (Å²) in [4.78, 5) is 33.5. The van der Waals surface area contributed by atoms with E-state index in [4.69, 9.17) is 21.8 Å². The van der Waals surface area contributed by atoms with Crippen LogP contribution in [0.5, 0.6) is 0 Å². The summed E-state index contributed by atoms with van der Waals surface area (Å²) >= 11 is 5.52. The summed E-state index contributed by atoms with van der Waals surface area (Å²) in [6.45, 7) is -1.68. The highest BCUT2D eigenvalue weighted by atomic mass is 35.5. The predicted molar refractivity (Wildman–Crippen MR) is 62.6 cm³/mol. The number of nitrogens with zero attached hydrogens (tertiary/aromatic N) is 1. The number of hydrogen-bond donors (Lipinski definition) is 2. The number of carbonyl (C=O) groups is 3. The molecule has 8 heteroatoms. The van der Waals surface area contributed by atoms with E-state index in [1.807, 2.05) is 0 Å². The van der Waals surface area contributed by atoms with Crippen LogP contribution in [-0.4, -0.2) is 46.0 Å². The van der Waals surface area contributed by atoms with Crippen LogP contribution in [0.3, 0.4) is 0 Å². The Hall–Kier alpha value is -2.15. The lowest BCUT2D eigenvalue weighted by molar-refractivity contribution is -0.140. The van der Waals surface area contributed by atoms with Gasteiger partial charge in [0, 0.05) is 5.02 Å². The van der Waals surface area contributed by atoms with Crippen LogP contribution in [0.4, 0.5) is 4.39 Å². The highest BCUT2D eigenvalue weighted by Crippen LogP contribution is 2.16. The molecule has 0 aliphatic carbocycles. The molecule has 19 heavy (non-hydrogen) atoms. The van der Waals surface area contributed by atoms with Crippen molar-refractivity contribution in [2.24, 2.45) is 0 Å². The van der Waals surface area contributed by atoms with Crippen LogP contribution < -0.4 is 0 Å². The number of hydrogen-bond acceptors (Lipinski definition) is 3. The fourth-order valence-corrected chi connectivity index (χ4v) is 1.52. The van der Waals surface area contributed by atoms with Crippen LogP contribution in [0, 0.1) is 5.82 Å². The van der Waals surface area contributed by atoms with Crippen LogP contribution >= 0.6 is 11.6 Å². The molecule has 0 aliphatic heterocycles. The first-order chi connectivity index (χ1) is 8.81. The molecular formula is C11H9ClFNO5. The summed E-state index contributed by atoms with van der Waals surface area (Å²) in [5.41, 5.74) is -0.438. The summed E-state index contributed by atoms with van der Waals surface area (Å²) in [6, 6.07) is 3.20. The fourth-order valence-electron chi connectivity index (χ4n) is 1.36. The van der Waals surface area contributed by atoms with Crippen molar-refractivity contribution in [3.05, 3.63) is 34.6 Å². The van der Waals surface area contributed by atoms with Crippen molar-refractivity contribution in [2.45, 2.75) is 0 Å². The first kappa shape index (κ1) is 14.9. The van der Waals surface area contributed by atoms with E-state index in [-0.39, 0.29) is 5.02 Å². The van der Waals surface area contributed by atoms with Gasteiger partial charge in [-0.15, -0.1) is 0 Å². The van der Waals surface area contributed by atoms with Crippen molar-refractivity contribution < 1.29 is 29.0 Å². The van der Waals surface area contributed by atoms with Gasteiger partial charge in [-0.05, 0) is 18.2 Å². The Morgan fingerprint density at radius 3 is 2.11 bits per heavy atom. The number of carbonyl (C=O) groups excluding carboxylic acids is 1. The van der Waals surface area contributed by atoms with Gasteiger partial charge in [0.15, 0.2) is 0 Å². The third-order valence-electron chi connectivity index (χ3n) is 2.10. The molecule has 1 aromatic rings. The molecule has 1 rings (SSSR count). The second-order valence-electron chi connectivity index (χ2n) is 3.57. The van der Waals surface area contributed by atoms with E-state index in [0.29, 0.717) is 4.90 Å². The lowest BCUT2D eigenvalue weighted by Gasteiger charge is -2.18. The van der Waals surface area contributed by atoms with Crippen molar-refractivity contribution >= 4 is 29.4 Å². The van der Waals surface area contributed by atoms with Gasteiger partial charge in [0.1, 0.15) is 18.9 Å². The predicted octanol–water partition coefficient (Wildman–Crippen LogP) is 1.09. The number of aliphatic carboxylic acids is 2. The molecular weight excluding hydrogens is 281 g/mol. The normalized spacial score (nSPS) is 10.0. The molecule has 0 radical (unpaired) electrons. The zero-order chi connectivity index (χ0) is 14.6. The molecule has 0 saturated carbocycles. The number of amides is 1. The SMILES string of the molecule is O=C(O)CN(CC(=O)O)C(=O)c1ccc(Cl)cc1F. The number of benzene rings is 1. The average Bonchev–Trinajstić information content (AvgIpc) is 2.26. The Kier molecular flexibility index (Phi) is 4.82. The molecule has 6 nitrogen and oxygen atoms in total. The molecule has 1 aromatic carbocycles. The lowest BCUT2D eigenvalue weighted by Crippen LogP contribution is -2.39. The van der Waals surface area contributed by atoms with Gasteiger partial charge in [-0.1, -0.05) is 11.6 Å². The highest BCUT2D eigenvalue weighted by molar-refractivity contribution is 6.30. The van der Waals surface area contributed by atoms with E-state index in [2.05, 4.69) is 0 Å². The monoisotopic (exact) mass is 289 g/mol. The fraction of sp³-hybridized carbons (Fsp3) is 0.182. The van der Waals surface area contributed by atoms with Crippen molar-refractivity contribution in [3.8, 4) is 0 Å². The lowest BCUT2D eigenvalue weighted by atomic mass is 10.2. The number of carboxylic acids is 2. The summed E-state index contributed by atoms with van der Waals surface area (Å²) in [5.74, 6) is -4.77. The number of carboxylic acid groups (broad SMARTS) is 2. The van der Waals surface area contributed by atoms with E-state index in [9.17, 15) is 18.8 Å². The van der Waals surface area contributed by atoms with E-state index in [1.165, 1.54) is 6.07 Å². The Bertz CT molecular complexity index is 518. The summed E-state index contributed by atoms with van der Waals surface area (Å²) in [7, 11) is 0. The largest absolute Gasteiger partial charge is 0.480 e. The number of rotatable bonds is 5. The van der Waals surface area contributed by atoms with Gasteiger partial charge >= 0.3 is 11.9 Å². The van der Waals surface area contributed by atoms with Crippen LogP contribution in [0.15, 0.2) is 18.2 Å². The minimum absolute atomic E-state index is 0.0667. The number of halogens is 2. The Labute approximate surface area is 112 Å². The molecule has 0 aliphatic rings. The van der Waals surface area contributed by atoms with Gasteiger partial charge in [0.25, 0.3) is 5.91 Å². The van der Waals surface area contributed by atoms with Gasteiger partial charge in [-0.2, -0.15) is 0 Å². The Morgan fingerprint density at radius 2 is 1.68 bits per heavy atom. The maximum atomic E-state index is 13.5. The van der Waals surface area contributed by atoms with Crippen LogP contribution in [-0.2, 0) is 9.59 Å². The molecule has 0 saturated heterocycles. The third-order valence-corrected chi connectivity index (χ3v) is 2.34. The van der Waals surface area contributed by atoms with Gasteiger partial charge in [-0.25, -0.2) is 4.39 Å². The smallest absolute Gasteiger partial charge is 0.323 e. The minimum Gasteiger partial charge on any atom is -0.480 e. The third kappa shape index (κ3) is 4.22. The van der Waals surface area contributed by atoms with Crippen molar-refractivity contribution in [1.82, 2.24) is 4.90 Å². The minimum atomic E-state index is -1.40. The quantitative estimate of drug-likeness (QED) is 0.846. The highest BCUT2D eigenvalue weighted by Gasteiger charge is 2.23. The van der Waals surface area contributed by atoms with Crippen LogP contribution in [0.25, 0.3) is 0 Å². The van der Waals surface area contributed by atoms with Gasteiger partial charge < -0.3 is 15.1 Å². The molecule has 102 valence electrons.